The highest BCUT2D eigenvalue weighted by Gasteiger charge is 1.97. The molecule has 12 heavy (non-hydrogen) atoms. The molecule has 0 bridgehead atoms. The number of carboxylic acids is 2. The van der Waals surface area contributed by atoms with Gasteiger partial charge >= 0.3 is 0 Å². The van der Waals surface area contributed by atoms with Gasteiger partial charge in [0.15, 0.2) is 0 Å². The first kappa shape index (κ1) is 8.19. The van der Waals surface area contributed by atoms with Crippen LogP contribution in [0.1, 0.15) is 21.0 Å². The number of hydrogen-bond donors (Lipinski definition) is 0. The lowest BCUT2D eigenvalue weighted by atomic mass is 10.3. The van der Waals surface area contributed by atoms with E-state index in [9.17, 15) is 19.8 Å². The third-order valence-electron chi connectivity index (χ3n) is 1.17. The van der Waals surface area contributed by atoms with Gasteiger partial charge in [-0.1, -0.05) is 6.07 Å². The highest BCUT2D eigenvalue weighted by molar-refractivity contribution is 5.87. The molecule has 0 atom stereocenters. The fraction of sp³-hybridized carbons (Fsp3) is 0. The van der Waals surface area contributed by atoms with Gasteiger partial charge in [0.25, 0.3) is 0 Å². The summed E-state index contributed by atoms with van der Waals surface area (Å²) in [5, 5.41) is 20.4. The minimum atomic E-state index is -1.52. The van der Waals surface area contributed by atoms with Crippen LogP contribution in [0.2, 0.25) is 0 Å². The summed E-state index contributed by atoms with van der Waals surface area (Å²) in [6, 6.07) is 3.53. The van der Waals surface area contributed by atoms with Crippen molar-refractivity contribution in [3.63, 3.8) is 0 Å². The summed E-state index contributed by atoms with van der Waals surface area (Å²) >= 11 is 0. The van der Waals surface area contributed by atoms with Crippen LogP contribution in [0.4, 0.5) is 0 Å². The number of pyridine rings is 1. The summed E-state index contributed by atoms with van der Waals surface area (Å²) in [4.78, 5) is 23.6. The molecule has 1 heterocycles. The normalized spacial score (nSPS) is 9.33. The summed E-state index contributed by atoms with van der Waals surface area (Å²) in [5.41, 5.74) is -0.839. The molecular weight excluding hydrogens is 162 g/mol. The van der Waals surface area contributed by atoms with E-state index in [4.69, 9.17) is 0 Å². The number of hydrogen-bond acceptors (Lipinski definition) is 5. The molecule has 0 N–H and O–H groups in total. The molecule has 0 saturated heterocycles. The van der Waals surface area contributed by atoms with E-state index in [2.05, 4.69) is 4.98 Å². The van der Waals surface area contributed by atoms with Gasteiger partial charge in [-0.2, -0.15) is 0 Å². The molecule has 62 valence electrons. The van der Waals surface area contributed by atoms with Gasteiger partial charge in [-0.3, -0.25) is 0 Å². The van der Waals surface area contributed by atoms with E-state index in [-0.39, 0.29) is 0 Å². The highest BCUT2D eigenvalue weighted by Crippen LogP contribution is 1.96. The first-order valence-electron chi connectivity index (χ1n) is 3.01. The van der Waals surface area contributed by atoms with E-state index in [0.717, 1.165) is 12.1 Å². The van der Waals surface area contributed by atoms with Crippen molar-refractivity contribution in [2.75, 3.05) is 0 Å². The highest BCUT2D eigenvalue weighted by atomic mass is 16.4. The molecule has 0 unspecified atom stereocenters. The fourth-order valence-electron chi connectivity index (χ4n) is 0.662. The van der Waals surface area contributed by atoms with Crippen LogP contribution in [0.5, 0.6) is 0 Å². The molecule has 0 aromatic carbocycles. The summed E-state index contributed by atoms with van der Waals surface area (Å²) in [5.74, 6) is -3.03. The van der Waals surface area contributed by atoms with Crippen LogP contribution in [0.15, 0.2) is 18.2 Å². The minimum Gasteiger partial charge on any atom is -0.543 e. The number of carbonyl (C=O) groups excluding carboxylic acids is 2. The number of aromatic carboxylic acids is 2. The third-order valence-corrected chi connectivity index (χ3v) is 1.17. The molecule has 0 aliphatic rings. The molecule has 1 rings (SSSR count). The van der Waals surface area contributed by atoms with Crippen LogP contribution in [-0.2, 0) is 0 Å². The molecular formula is C7H3NO4-2. The molecule has 0 radical (unpaired) electrons. The third kappa shape index (κ3) is 1.57. The van der Waals surface area contributed by atoms with Gasteiger partial charge in [0.1, 0.15) is 0 Å². The molecule has 5 heteroatoms. The Labute approximate surface area is 67.3 Å². The van der Waals surface area contributed by atoms with E-state index in [0.29, 0.717) is 0 Å². The molecule has 0 aliphatic carbocycles. The molecule has 0 amide bonds. The fourth-order valence-corrected chi connectivity index (χ4v) is 0.662. The summed E-state index contributed by atoms with van der Waals surface area (Å²) < 4.78 is 0. The maximum absolute atomic E-state index is 10.2. The monoisotopic (exact) mass is 165 g/mol. The van der Waals surface area contributed by atoms with Crippen molar-refractivity contribution in [2.45, 2.75) is 0 Å². The minimum absolute atomic E-state index is 0.420. The SMILES string of the molecule is O=C([O-])c1cccc(C(=O)[O-])n1. The Bertz CT molecular complexity index is 305. The van der Waals surface area contributed by atoms with Gasteiger partial charge in [-0.25, -0.2) is 4.98 Å². The van der Waals surface area contributed by atoms with E-state index in [1.807, 2.05) is 0 Å². The largest absolute Gasteiger partial charge is 0.543 e. The van der Waals surface area contributed by atoms with Crippen molar-refractivity contribution in [1.29, 1.82) is 0 Å². The van der Waals surface area contributed by atoms with Crippen molar-refractivity contribution in [2.24, 2.45) is 0 Å². The number of rotatable bonds is 2. The standard InChI is InChI=1S/C7H5NO4/c9-6(10)4-2-1-3-5(8-4)7(11)12/h1-3H,(H,9,10)(H,11,12)/p-2. The van der Waals surface area contributed by atoms with Gasteiger partial charge in [0, 0.05) is 0 Å². The predicted octanol–water partition coefficient (Wildman–Crippen LogP) is -2.19. The van der Waals surface area contributed by atoms with Gasteiger partial charge in [-0.05, 0) is 12.1 Å². The average molecular weight is 165 g/mol. The zero-order valence-electron chi connectivity index (χ0n) is 5.81. The van der Waals surface area contributed by atoms with E-state index < -0.39 is 23.3 Å². The van der Waals surface area contributed by atoms with Crippen molar-refractivity contribution in [3.8, 4) is 0 Å². The van der Waals surface area contributed by atoms with Gasteiger partial charge in [-0.15, -0.1) is 0 Å². The van der Waals surface area contributed by atoms with Gasteiger partial charge in [0.05, 0.1) is 23.3 Å². The Balaban J connectivity index is 3.12. The maximum Gasteiger partial charge on any atom is 0.0900 e. The predicted molar refractivity (Wildman–Crippen MR) is 32.9 cm³/mol. The van der Waals surface area contributed by atoms with E-state index in [1.165, 1.54) is 6.07 Å². The summed E-state index contributed by atoms with van der Waals surface area (Å²) in [6.45, 7) is 0. The van der Waals surface area contributed by atoms with Crippen LogP contribution < -0.4 is 10.2 Å². The van der Waals surface area contributed by atoms with Crippen LogP contribution in [0.3, 0.4) is 0 Å². The van der Waals surface area contributed by atoms with Crippen molar-refractivity contribution in [3.05, 3.63) is 29.6 Å². The molecule has 0 spiro atoms. The van der Waals surface area contributed by atoms with Crippen LogP contribution >= 0.6 is 0 Å². The van der Waals surface area contributed by atoms with E-state index in [1.54, 1.807) is 0 Å². The Kier molecular flexibility index (Phi) is 2.05. The number of nitrogens with zero attached hydrogens (tertiary/aromatic N) is 1. The Hall–Kier alpha value is -1.91. The zero-order chi connectivity index (χ0) is 9.14. The lowest BCUT2D eigenvalue weighted by Crippen LogP contribution is -2.27. The average Bonchev–Trinajstić information content (AvgIpc) is 2.04. The smallest absolute Gasteiger partial charge is 0.0900 e. The second kappa shape index (κ2) is 3.00. The first-order chi connectivity index (χ1) is 5.61. The Morgan fingerprint density at radius 1 is 1.08 bits per heavy atom. The second-order valence-corrected chi connectivity index (χ2v) is 1.98. The van der Waals surface area contributed by atoms with Gasteiger partial charge < -0.3 is 19.8 Å². The number of carbonyl (C=O) groups is 2. The van der Waals surface area contributed by atoms with Crippen molar-refractivity contribution in [1.82, 2.24) is 4.98 Å². The van der Waals surface area contributed by atoms with Crippen LogP contribution in [0.25, 0.3) is 0 Å². The van der Waals surface area contributed by atoms with Gasteiger partial charge in [0.2, 0.25) is 0 Å². The van der Waals surface area contributed by atoms with E-state index >= 15 is 0 Å². The zero-order valence-corrected chi connectivity index (χ0v) is 5.81. The molecule has 0 aliphatic heterocycles. The molecule has 0 saturated carbocycles. The maximum atomic E-state index is 10.2. The second-order valence-electron chi connectivity index (χ2n) is 1.98. The first-order valence-corrected chi connectivity index (χ1v) is 3.01. The summed E-state index contributed by atoms with van der Waals surface area (Å²) in [7, 11) is 0. The van der Waals surface area contributed by atoms with Crippen molar-refractivity contribution >= 4 is 11.9 Å². The molecule has 1 aromatic rings. The lowest BCUT2D eigenvalue weighted by molar-refractivity contribution is -0.255. The summed E-state index contributed by atoms with van der Waals surface area (Å²) in [6.07, 6.45) is 0. The quantitative estimate of drug-likeness (QED) is 0.496. The topological polar surface area (TPSA) is 93.1 Å². The number of carboxylic acid groups (broad SMARTS) is 2. The van der Waals surface area contributed by atoms with Crippen molar-refractivity contribution < 1.29 is 19.8 Å². The van der Waals surface area contributed by atoms with Crippen LogP contribution in [-0.4, -0.2) is 16.9 Å². The Morgan fingerprint density at radius 3 is 1.83 bits per heavy atom. The van der Waals surface area contributed by atoms with Crippen LogP contribution in [0, 0.1) is 0 Å². The molecule has 1 aromatic heterocycles. The molecule has 5 nitrogen and oxygen atoms in total. The lowest BCUT2D eigenvalue weighted by Gasteiger charge is -2.04. The Morgan fingerprint density at radius 2 is 1.50 bits per heavy atom. The number of aromatic nitrogens is 1. The molecule has 0 fully saturated rings.